The first-order valence-electron chi connectivity index (χ1n) is 11.9. The maximum absolute atomic E-state index is 13.3. The van der Waals surface area contributed by atoms with Gasteiger partial charge < -0.3 is 26.6 Å². The molecular formula is C27H31FN4O6S. The van der Waals surface area contributed by atoms with Gasteiger partial charge in [0.25, 0.3) is 11.8 Å². The van der Waals surface area contributed by atoms with Crippen LogP contribution in [0.15, 0.2) is 72.8 Å². The molecule has 0 aliphatic rings. The number of hydrogen-bond acceptors (Lipinski definition) is 7. The summed E-state index contributed by atoms with van der Waals surface area (Å²) >= 11 is 0. The van der Waals surface area contributed by atoms with Gasteiger partial charge in [-0.05, 0) is 41.5 Å². The number of halogens is 1. The molecule has 2 amide bonds. The summed E-state index contributed by atoms with van der Waals surface area (Å²) in [5, 5.41) is 25.4. The fourth-order valence-electron chi connectivity index (χ4n) is 3.81. The summed E-state index contributed by atoms with van der Waals surface area (Å²) in [5.74, 6) is -1.95. The Balaban J connectivity index is 1.95. The number of amides is 2. The van der Waals surface area contributed by atoms with E-state index in [-0.39, 0.29) is 23.2 Å². The molecule has 1 atom stereocenters. The molecule has 208 valence electrons. The van der Waals surface area contributed by atoms with Gasteiger partial charge in [-0.15, -0.1) is 0 Å². The maximum atomic E-state index is 13.3. The Hall–Kier alpha value is -3.84. The molecule has 0 heterocycles. The van der Waals surface area contributed by atoms with Crippen molar-refractivity contribution in [3.05, 3.63) is 101 Å². The van der Waals surface area contributed by atoms with Crippen LogP contribution in [0.1, 0.15) is 38.0 Å². The average Bonchev–Trinajstić information content (AvgIpc) is 2.92. The van der Waals surface area contributed by atoms with Crippen LogP contribution in [0.2, 0.25) is 0 Å². The van der Waals surface area contributed by atoms with Crippen LogP contribution < -0.4 is 20.7 Å². The number of aliphatic hydroxyl groups is 2. The number of rotatable bonds is 11. The molecule has 0 spiro atoms. The Morgan fingerprint density at radius 2 is 1.54 bits per heavy atom. The number of benzene rings is 3. The number of carbonyl (C=O) groups excluding carboxylic acids is 2. The van der Waals surface area contributed by atoms with Gasteiger partial charge in [0, 0.05) is 24.6 Å². The van der Waals surface area contributed by atoms with E-state index in [9.17, 15) is 32.6 Å². The lowest BCUT2D eigenvalue weighted by atomic mass is 9.91. The van der Waals surface area contributed by atoms with E-state index in [4.69, 9.17) is 5.73 Å². The highest BCUT2D eigenvalue weighted by atomic mass is 32.2. The third-order valence-corrected chi connectivity index (χ3v) is 7.39. The Morgan fingerprint density at radius 3 is 2.08 bits per heavy atom. The van der Waals surface area contributed by atoms with Crippen LogP contribution in [-0.2, 0) is 16.4 Å². The Morgan fingerprint density at radius 1 is 0.974 bits per heavy atom. The molecule has 0 unspecified atom stereocenters. The van der Waals surface area contributed by atoms with Gasteiger partial charge in [-0.3, -0.25) is 13.9 Å². The monoisotopic (exact) mass is 558 g/mol. The smallest absolute Gasteiger partial charge is 0.252 e. The zero-order chi connectivity index (χ0) is 28.8. The second kappa shape index (κ2) is 12.3. The summed E-state index contributed by atoms with van der Waals surface area (Å²) in [4.78, 5) is 26.4. The van der Waals surface area contributed by atoms with E-state index >= 15 is 0 Å². The molecule has 0 saturated carbocycles. The van der Waals surface area contributed by atoms with Crippen molar-refractivity contribution < 1.29 is 32.6 Å². The fraction of sp³-hybridized carbons (Fsp3) is 0.259. The van der Waals surface area contributed by atoms with Gasteiger partial charge in [-0.25, -0.2) is 12.8 Å². The molecule has 0 aromatic heterocycles. The van der Waals surface area contributed by atoms with Gasteiger partial charge in [-0.1, -0.05) is 42.5 Å². The number of carbonyl (C=O) groups is 2. The van der Waals surface area contributed by atoms with Crippen LogP contribution in [0.3, 0.4) is 0 Å². The molecule has 3 aromatic carbocycles. The number of nitrogens with two attached hydrogens (primary N) is 1. The highest BCUT2D eigenvalue weighted by Gasteiger charge is 2.32. The van der Waals surface area contributed by atoms with Gasteiger partial charge in [0.1, 0.15) is 12.0 Å². The number of hydrogen-bond donors (Lipinski definition) is 5. The van der Waals surface area contributed by atoms with Crippen LogP contribution in [0.4, 0.5) is 10.1 Å². The summed E-state index contributed by atoms with van der Waals surface area (Å²) in [6.07, 6.45) is 0.0517. The second-order valence-electron chi connectivity index (χ2n) is 9.21. The van der Waals surface area contributed by atoms with Crippen LogP contribution in [0.25, 0.3) is 0 Å². The molecule has 0 aliphatic carbocycles. The van der Waals surface area contributed by atoms with Crippen LogP contribution in [0.5, 0.6) is 0 Å². The maximum Gasteiger partial charge on any atom is 0.252 e. The van der Waals surface area contributed by atoms with Gasteiger partial charge in [0.15, 0.2) is 0 Å². The molecule has 12 heteroatoms. The second-order valence-corrected chi connectivity index (χ2v) is 11.2. The highest BCUT2D eigenvalue weighted by molar-refractivity contribution is 7.92. The summed E-state index contributed by atoms with van der Waals surface area (Å²) in [7, 11) is -2.50. The number of nitrogens with one attached hydrogen (secondary N) is 2. The first-order valence-corrected chi connectivity index (χ1v) is 13.7. The molecular weight excluding hydrogens is 527 g/mol. The summed E-state index contributed by atoms with van der Waals surface area (Å²) in [5.41, 5.74) is 5.63. The van der Waals surface area contributed by atoms with Crippen LogP contribution in [-0.4, -0.2) is 62.5 Å². The van der Waals surface area contributed by atoms with Gasteiger partial charge in [-0.2, -0.15) is 0 Å². The highest BCUT2D eigenvalue weighted by Crippen LogP contribution is 2.23. The fourth-order valence-corrected chi connectivity index (χ4v) is 4.30. The zero-order valence-corrected chi connectivity index (χ0v) is 22.3. The van der Waals surface area contributed by atoms with E-state index in [0.29, 0.717) is 5.56 Å². The molecule has 0 fully saturated rings. The summed E-state index contributed by atoms with van der Waals surface area (Å²) < 4.78 is 38.6. The van der Waals surface area contributed by atoms with Crippen molar-refractivity contribution in [3.8, 4) is 0 Å². The average molecular weight is 559 g/mol. The van der Waals surface area contributed by atoms with Crippen molar-refractivity contribution >= 4 is 27.5 Å². The van der Waals surface area contributed by atoms with Crippen molar-refractivity contribution in [1.82, 2.24) is 10.6 Å². The van der Waals surface area contributed by atoms with Gasteiger partial charge in [0.2, 0.25) is 10.0 Å². The molecule has 3 aromatic rings. The largest absolute Gasteiger partial charge is 0.394 e. The topological polar surface area (TPSA) is 162 Å². The predicted molar refractivity (Wildman–Crippen MR) is 145 cm³/mol. The Kier molecular flexibility index (Phi) is 9.41. The molecule has 6 N–H and O–H groups in total. The minimum Gasteiger partial charge on any atom is -0.394 e. The van der Waals surface area contributed by atoms with E-state index in [0.717, 1.165) is 16.1 Å². The van der Waals surface area contributed by atoms with Crippen molar-refractivity contribution in [3.63, 3.8) is 0 Å². The minimum atomic E-state index is -3.77. The molecule has 3 rings (SSSR count). The Labute approximate surface area is 226 Å². The molecule has 0 radical (unpaired) electrons. The number of nitrogens with zero attached hydrogens (tertiary/aromatic N) is 1. The van der Waals surface area contributed by atoms with E-state index < -0.39 is 52.6 Å². The van der Waals surface area contributed by atoms with Crippen LogP contribution in [0, 0.1) is 5.82 Å². The molecule has 0 aliphatic heterocycles. The SMILES string of the molecule is CN(c1cc(C(=O)N[C@H](N)c2ccc(F)cc2)cc(C(=O)NC(CO)(CO)Cc2ccccc2)c1)S(C)(=O)=O. The first kappa shape index (κ1) is 29.7. The van der Waals surface area contributed by atoms with Crippen molar-refractivity contribution in [2.75, 3.05) is 30.8 Å². The minimum absolute atomic E-state index is 0.0207. The van der Waals surface area contributed by atoms with E-state index in [1.165, 1.54) is 49.5 Å². The van der Waals surface area contributed by atoms with Gasteiger partial charge in [0.05, 0.1) is 30.7 Å². The Bertz CT molecular complexity index is 1410. The van der Waals surface area contributed by atoms with E-state index in [2.05, 4.69) is 10.6 Å². The lowest BCUT2D eigenvalue weighted by Gasteiger charge is -2.31. The molecule has 10 nitrogen and oxygen atoms in total. The van der Waals surface area contributed by atoms with Crippen molar-refractivity contribution in [1.29, 1.82) is 0 Å². The molecule has 0 bridgehead atoms. The van der Waals surface area contributed by atoms with Gasteiger partial charge >= 0.3 is 0 Å². The third-order valence-electron chi connectivity index (χ3n) is 6.19. The van der Waals surface area contributed by atoms with Crippen LogP contribution >= 0.6 is 0 Å². The zero-order valence-electron chi connectivity index (χ0n) is 21.5. The summed E-state index contributed by atoms with van der Waals surface area (Å²) in [6, 6.07) is 17.9. The van der Waals surface area contributed by atoms with E-state index in [1.54, 1.807) is 30.3 Å². The quantitative estimate of drug-likeness (QED) is 0.222. The summed E-state index contributed by atoms with van der Waals surface area (Å²) in [6.45, 7) is -1.18. The standard InChI is InChI=1S/C27H31FN4O6S/c1-32(39(2,37)38)23-13-20(25(35)30-24(29)19-8-10-22(28)11-9-19)12-21(14-23)26(36)31-27(16-33,17-34)15-18-6-4-3-5-7-18/h3-14,24,33-34H,15-17,29H2,1-2H3,(H,30,35)(H,31,36)/t24-/m0/s1. The normalized spacial score (nSPS) is 12.5. The van der Waals surface area contributed by atoms with Crippen molar-refractivity contribution in [2.24, 2.45) is 5.73 Å². The third kappa shape index (κ3) is 7.60. The number of sulfonamides is 1. The number of anilines is 1. The lowest BCUT2D eigenvalue weighted by molar-refractivity contribution is 0.0667. The number of aliphatic hydroxyl groups excluding tert-OH is 2. The molecule has 39 heavy (non-hydrogen) atoms. The predicted octanol–water partition coefficient (Wildman–Crippen LogP) is 1.30. The van der Waals surface area contributed by atoms with E-state index in [1.807, 2.05) is 0 Å². The first-order chi connectivity index (χ1) is 18.4. The lowest BCUT2D eigenvalue weighted by Crippen LogP contribution is -2.56. The molecule has 0 saturated heterocycles. The van der Waals surface area contributed by atoms with Crippen molar-refractivity contribution in [2.45, 2.75) is 18.1 Å².